The normalized spacial score (nSPS) is 48.9. The Bertz CT molecular complexity index is 1080. The Morgan fingerprint density at radius 1 is 0.918 bits per heavy atom. The molecule has 0 aromatic rings. The Balaban J connectivity index is 1.78. The lowest BCUT2D eigenvalue weighted by Crippen LogP contribution is -2.60. The first-order valence-electron chi connectivity index (χ1n) is 19.3. The van der Waals surface area contributed by atoms with Gasteiger partial charge in [0.25, 0.3) is 0 Å². The van der Waals surface area contributed by atoms with Gasteiger partial charge < -0.3 is 38.3 Å². The zero-order valence-corrected chi connectivity index (χ0v) is 33.1. The van der Waals surface area contributed by atoms with Crippen LogP contribution in [0.2, 0.25) is 0 Å². The van der Waals surface area contributed by atoms with E-state index in [0.717, 1.165) is 25.7 Å². The van der Waals surface area contributed by atoms with Gasteiger partial charge in [-0.25, -0.2) is 0 Å². The lowest BCUT2D eigenvalue weighted by molar-refractivity contribution is -0.312. The molecule has 0 aromatic heterocycles. The van der Waals surface area contributed by atoms with Crippen molar-refractivity contribution in [1.82, 2.24) is 4.90 Å². The highest BCUT2D eigenvalue weighted by Crippen LogP contribution is 2.47. The summed E-state index contributed by atoms with van der Waals surface area (Å²) in [7, 11) is 3.77. The van der Waals surface area contributed by atoms with Crippen LogP contribution >= 0.6 is 0 Å². The number of esters is 1. The second-order valence-corrected chi connectivity index (χ2v) is 17.3. The Labute approximate surface area is 297 Å². The van der Waals surface area contributed by atoms with Crippen molar-refractivity contribution in [2.24, 2.45) is 29.6 Å². The van der Waals surface area contributed by atoms with Gasteiger partial charge in [-0.2, -0.15) is 0 Å². The molecule has 0 aliphatic carbocycles. The van der Waals surface area contributed by atoms with Crippen LogP contribution in [0, 0.1) is 29.6 Å². The summed E-state index contributed by atoms with van der Waals surface area (Å²) < 4.78 is 46.2. The van der Waals surface area contributed by atoms with Gasteiger partial charge in [-0.15, -0.1) is 0 Å². The molecule has 4 aliphatic rings. The van der Waals surface area contributed by atoms with E-state index in [4.69, 9.17) is 33.2 Å². The van der Waals surface area contributed by atoms with E-state index in [1.54, 1.807) is 7.11 Å². The minimum atomic E-state index is -0.888. The molecule has 4 rings (SSSR count). The maximum Gasteiger partial charge on any atom is 0.311 e. The van der Waals surface area contributed by atoms with Crippen molar-refractivity contribution < 1.29 is 43.1 Å². The van der Waals surface area contributed by atoms with Crippen LogP contribution in [-0.4, -0.2) is 109 Å². The zero-order valence-electron chi connectivity index (χ0n) is 33.1. The van der Waals surface area contributed by atoms with Crippen LogP contribution in [0.4, 0.5) is 0 Å². The number of carbonyl (C=O) groups excluding carboxylic acids is 1. The lowest BCUT2D eigenvalue weighted by atomic mass is 9.77. The predicted octanol–water partition coefficient (Wildman–Crippen LogP) is 6.35. The smallest absolute Gasteiger partial charge is 0.311 e. The molecular weight excluding hydrogens is 626 g/mol. The molecule has 4 saturated heterocycles. The van der Waals surface area contributed by atoms with Crippen LogP contribution in [0.25, 0.3) is 0 Å². The second kappa shape index (κ2) is 16.4. The number of ether oxygens (including phenoxy) is 7. The number of nitrogens with zero attached hydrogens (tertiary/aromatic N) is 1. The molecule has 0 spiro atoms. The maximum atomic E-state index is 14.1. The van der Waals surface area contributed by atoms with Crippen LogP contribution in [0.1, 0.15) is 122 Å². The van der Waals surface area contributed by atoms with Crippen LogP contribution in [0.3, 0.4) is 0 Å². The van der Waals surface area contributed by atoms with E-state index >= 15 is 0 Å². The molecule has 0 saturated carbocycles. The first kappa shape index (κ1) is 40.9. The van der Waals surface area contributed by atoms with E-state index < -0.39 is 48.0 Å². The van der Waals surface area contributed by atoms with Gasteiger partial charge in [0, 0.05) is 38.0 Å². The molecule has 49 heavy (non-hydrogen) atoms. The molecule has 10 nitrogen and oxygen atoms in total. The number of fused-ring (bicyclic) bond motifs is 2. The monoisotopic (exact) mass is 698 g/mol. The second-order valence-electron chi connectivity index (χ2n) is 17.3. The molecule has 4 aliphatic heterocycles. The molecule has 10 heteroatoms. The molecule has 4 fully saturated rings. The highest BCUT2D eigenvalue weighted by atomic mass is 16.7. The molecule has 2 unspecified atom stereocenters. The van der Waals surface area contributed by atoms with Gasteiger partial charge in [-0.3, -0.25) is 9.69 Å². The summed E-state index contributed by atoms with van der Waals surface area (Å²) in [5.74, 6) is -0.625. The number of methoxy groups -OCH3 is 1. The number of hydrogen-bond donors (Lipinski definition) is 1. The number of hydrogen-bond acceptors (Lipinski definition) is 10. The summed E-state index contributed by atoms with van der Waals surface area (Å²) >= 11 is 0. The average Bonchev–Trinajstić information content (AvgIpc) is 3.35. The van der Waals surface area contributed by atoms with Crippen LogP contribution < -0.4 is 0 Å². The molecule has 4 heterocycles. The van der Waals surface area contributed by atoms with E-state index in [1.807, 2.05) is 27.8 Å². The van der Waals surface area contributed by atoms with Crippen LogP contribution in [0.5, 0.6) is 0 Å². The van der Waals surface area contributed by atoms with Gasteiger partial charge >= 0.3 is 5.97 Å². The highest BCUT2D eigenvalue weighted by Gasteiger charge is 2.55. The lowest BCUT2D eigenvalue weighted by Gasteiger charge is -2.48. The van der Waals surface area contributed by atoms with Gasteiger partial charge in [0.05, 0.1) is 47.6 Å². The van der Waals surface area contributed by atoms with Crippen LogP contribution in [-0.2, 0) is 38.0 Å². The Hall–Kier alpha value is -0.850. The first-order valence-corrected chi connectivity index (χ1v) is 19.3. The fourth-order valence-corrected chi connectivity index (χ4v) is 9.54. The summed E-state index contributed by atoms with van der Waals surface area (Å²) in [6.07, 6.45) is 0.305. The van der Waals surface area contributed by atoms with Crippen molar-refractivity contribution in [3.05, 3.63) is 0 Å². The quantitative estimate of drug-likeness (QED) is 0.289. The van der Waals surface area contributed by atoms with Gasteiger partial charge in [-0.05, 0) is 99.0 Å². The Morgan fingerprint density at radius 3 is 2.20 bits per heavy atom. The van der Waals surface area contributed by atoms with Crippen molar-refractivity contribution in [3.8, 4) is 0 Å². The van der Waals surface area contributed by atoms with Gasteiger partial charge in [0.15, 0.2) is 12.6 Å². The molecule has 0 aromatic carbocycles. The number of cyclic esters (lactones) is 1. The van der Waals surface area contributed by atoms with Gasteiger partial charge in [0.2, 0.25) is 0 Å². The third-order valence-electron chi connectivity index (χ3n) is 12.5. The zero-order chi connectivity index (χ0) is 36.6. The van der Waals surface area contributed by atoms with Crippen molar-refractivity contribution >= 4 is 5.97 Å². The third kappa shape index (κ3) is 9.21. The predicted molar refractivity (Wildman–Crippen MR) is 189 cm³/mol. The van der Waals surface area contributed by atoms with Gasteiger partial charge in [0.1, 0.15) is 12.2 Å². The van der Waals surface area contributed by atoms with Crippen molar-refractivity contribution in [1.29, 1.82) is 0 Å². The van der Waals surface area contributed by atoms with Crippen molar-refractivity contribution in [3.63, 3.8) is 0 Å². The van der Waals surface area contributed by atoms with E-state index in [0.29, 0.717) is 12.8 Å². The molecule has 0 radical (unpaired) electrons. The molecule has 0 amide bonds. The van der Waals surface area contributed by atoms with Crippen molar-refractivity contribution in [2.75, 3.05) is 14.2 Å². The topological polar surface area (TPSA) is 105 Å². The fraction of sp³-hybridized carbons (Fsp3) is 0.974. The molecule has 17 atom stereocenters. The number of aliphatic hydroxyl groups excluding tert-OH is 1. The third-order valence-corrected chi connectivity index (χ3v) is 12.5. The summed E-state index contributed by atoms with van der Waals surface area (Å²) in [5, 5.41) is 11.8. The minimum Gasteiger partial charge on any atom is -0.462 e. The number of aliphatic hydroxyl groups is 1. The Morgan fingerprint density at radius 2 is 1.59 bits per heavy atom. The van der Waals surface area contributed by atoms with E-state index in [-0.39, 0.29) is 66.1 Å². The fourth-order valence-electron chi connectivity index (χ4n) is 9.54. The standard InChI is InChI=1S/C39H71NO9/c1-15-30-22(4)16-23(5)33-24(6)18-39(12,49-33)35(48-37-32(41)29(17-25(7)45-37)40(13)21(2)3)27(9)34(28(10)36(42)46-30)47-31-20-38(11,43-14)19-26(8)44-31/h21-35,37,41H,15-20H2,1-14H3/t22-,23-,24-,25-,26+,27+,28-,29+,30-,31+,32-,33?,34+,35-,37+,38+,39?/m1/s1. The largest absolute Gasteiger partial charge is 0.462 e. The highest BCUT2D eigenvalue weighted by molar-refractivity contribution is 5.73. The number of carbonyl (C=O) groups is 1. The molecule has 2 bridgehead atoms. The van der Waals surface area contributed by atoms with Gasteiger partial charge in [-0.1, -0.05) is 34.6 Å². The molecule has 286 valence electrons. The maximum absolute atomic E-state index is 14.1. The first-order chi connectivity index (χ1) is 22.8. The van der Waals surface area contributed by atoms with E-state index in [2.05, 4.69) is 67.2 Å². The summed E-state index contributed by atoms with van der Waals surface area (Å²) in [5.41, 5.74) is -1.17. The van der Waals surface area contributed by atoms with Crippen molar-refractivity contribution in [2.45, 2.75) is 200 Å². The molecule has 1 N–H and O–H groups in total. The summed E-state index contributed by atoms with van der Waals surface area (Å²) in [6, 6.07) is 0.100. The van der Waals surface area contributed by atoms with Crippen LogP contribution in [0.15, 0.2) is 0 Å². The summed E-state index contributed by atoms with van der Waals surface area (Å²) in [4.78, 5) is 16.3. The summed E-state index contributed by atoms with van der Waals surface area (Å²) in [6.45, 7) is 25.3. The molecular formula is C39H71NO9. The Kier molecular flexibility index (Phi) is 13.7. The minimum absolute atomic E-state index is 0.00242. The average molecular weight is 698 g/mol. The number of likely N-dealkylation sites (N-methyl/N-ethyl adjacent to an activating group) is 1. The number of rotatable bonds is 8. The SMILES string of the molecule is CC[C@H]1OC(=O)[C@H](C)[C@@H](O[C@H]2C[C@@](C)(OC)C[C@H](C)O2)[C@H](C)[C@@H](O[C@@H]2O[C@H](C)C[C@H](N(C)C(C)C)[C@H]2O)C2(C)C[C@@H](C)C(O2)[C@H](C)C[C@H]1C. The van der Waals surface area contributed by atoms with E-state index in [1.165, 1.54) is 0 Å². The van der Waals surface area contributed by atoms with E-state index in [9.17, 15) is 9.90 Å².